The van der Waals surface area contributed by atoms with Crippen LogP contribution in [0.25, 0.3) is 16.8 Å². The third-order valence-corrected chi connectivity index (χ3v) is 2.33. The molecule has 0 saturated carbocycles. The zero-order chi connectivity index (χ0) is 11.4. The molecule has 2 rings (SSSR count). The van der Waals surface area contributed by atoms with Gasteiger partial charge in [0.15, 0.2) is 0 Å². The SMILES string of the molecule is NCCC=Cc1ccc2c(=O)[nH]ncc2c1. The van der Waals surface area contributed by atoms with Crippen LogP contribution in [0.1, 0.15) is 12.0 Å². The van der Waals surface area contributed by atoms with Gasteiger partial charge < -0.3 is 5.73 Å². The van der Waals surface area contributed by atoms with Gasteiger partial charge in [0.25, 0.3) is 5.56 Å². The quantitative estimate of drug-likeness (QED) is 0.810. The van der Waals surface area contributed by atoms with Gasteiger partial charge in [-0.3, -0.25) is 4.79 Å². The Morgan fingerprint density at radius 3 is 3.12 bits per heavy atom. The van der Waals surface area contributed by atoms with Crippen molar-refractivity contribution in [2.24, 2.45) is 5.73 Å². The minimum Gasteiger partial charge on any atom is -0.330 e. The maximum Gasteiger partial charge on any atom is 0.272 e. The molecular formula is C12H13N3O. The molecule has 0 atom stereocenters. The minimum atomic E-state index is -0.157. The zero-order valence-corrected chi connectivity index (χ0v) is 8.81. The molecule has 16 heavy (non-hydrogen) atoms. The van der Waals surface area contributed by atoms with Gasteiger partial charge >= 0.3 is 0 Å². The standard InChI is InChI=1S/C12H13N3O/c13-6-2-1-3-9-4-5-11-10(7-9)8-14-15-12(11)16/h1,3-5,7-8H,2,6,13H2,(H,15,16). The summed E-state index contributed by atoms with van der Waals surface area (Å²) in [6, 6.07) is 5.65. The summed E-state index contributed by atoms with van der Waals surface area (Å²) in [4.78, 5) is 11.4. The Bertz CT molecular complexity index is 572. The van der Waals surface area contributed by atoms with E-state index in [1.54, 1.807) is 12.3 Å². The number of nitrogens with zero attached hydrogens (tertiary/aromatic N) is 1. The van der Waals surface area contributed by atoms with Crippen molar-refractivity contribution in [3.05, 3.63) is 46.4 Å². The Balaban J connectivity index is 2.41. The van der Waals surface area contributed by atoms with E-state index in [4.69, 9.17) is 5.73 Å². The van der Waals surface area contributed by atoms with Crippen molar-refractivity contribution in [1.29, 1.82) is 0 Å². The number of rotatable bonds is 3. The zero-order valence-electron chi connectivity index (χ0n) is 8.81. The van der Waals surface area contributed by atoms with E-state index in [1.807, 2.05) is 24.3 Å². The van der Waals surface area contributed by atoms with Crippen LogP contribution in [0.2, 0.25) is 0 Å². The number of hydrogen-bond donors (Lipinski definition) is 2. The van der Waals surface area contributed by atoms with E-state index in [9.17, 15) is 4.79 Å². The minimum absolute atomic E-state index is 0.157. The van der Waals surface area contributed by atoms with Crippen LogP contribution < -0.4 is 11.3 Å². The Kier molecular flexibility index (Phi) is 3.12. The van der Waals surface area contributed by atoms with Crippen molar-refractivity contribution in [2.45, 2.75) is 6.42 Å². The Labute approximate surface area is 92.8 Å². The van der Waals surface area contributed by atoms with E-state index in [2.05, 4.69) is 10.2 Å². The molecule has 0 amide bonds. The van der Waals surface area contributed by atoms with Crippen molar-refractivity contribution >= 4 is 16.8 Å². The lowest BCUT2D eigenvalue weighted by Gasteiger charge is -1.97. The summed E-state index contributed by atoms with van der Waals surface area (Å²) in [5, 5.41) is 7.68. The number of hydrogen-bond acceptors (Lipinski definition) is 3. The van der Waals surface area contributed by atoms with Gasteiger partial charge in [0, 0.05) is 5.39 Å². The van der Waals surface area contributed by atoms with Crippen LogP contribution in [0.15, 0.2) is 35.3 Å². The van der Waals surface area contributed by atoms with Crippen LogP contribution in [0.4, 0.5) is 0 Å². The third-order valence-electron chi connectivity index (χ3n) is 2.33. The molecule has 2 aromatic rings. The van der Waals surface area contributed by atoms with Crippen molar-refractivity contribution < 1.29 is 0 Å². The van der Waals surface area contributed by atoms with Crippen LogP contribution in [0, 0.1) is 0 Å². The van der Waals surface area contributed by atoms with Gasteiger partial charge in [-0.25, -0.2) is 5.10 Å². The molecule has 0 unspecified atom stereocenters. The molecule has 0 aliphatic heterocycles. The molecule has 0 bridgehead atoms. The molecule has 4 heteroatoms. The Morgan fingerprint density at radius 1 is 1.44 bits per heavy atom. The van der Waals surface area contributed by atoms with Crippen molar-refractivity contribution in [1.82, 2.24) is 10.2 Å². The number of H-pyrrole nitrogens is 1. The first kappa shape index (κ1) is 10.6. The summed E-state index contributed by atoms with van der Waals surface area (Å²) in [6.07, 6.45) is 6.51. The molecule has 1 heterocycles. The van der Waals surface area contributed by atoms with Gasteiger partial charge in [0.05, 0.1) is 11.6 Å². The molecule has 0 spiro atoms. The first-order valence-electron chi connectivity index (χ1n) is 5.15. The number of nitrogens with one attached hydrogen (secondary N) is 1. The number of aromatic amines is 1. The average Bonchev–Trinajstić information content (AvgIpc) is 2.30. The third kappa shape index (κ3) is 2.17. The number of aromatic nitrogens is 2. The molecule has 0 fully saturated rings. The highest BCUT2D eigenvalue weighted by Crippen LogP contribution is 2.12. The van der Waals surface area contributed by atoms with E-state index in [1.165, 1.54) is 0 Å². The highest BCUT2D eigenvalue weighted by Gasteiger charge is 1.97. The van der Waals surface area contributed by atoms with Crippen LogP contribution in [-0.4, -0.2) is 16.7 Å². The molecule has 0 aliphatic rings. The van der Waals surface area contributed by atoms with Crippen molar-refractivity contribution in [3.8, 4) is 0 Å². The highest BCUT2D eigenvalue weighted by atomic mass is 16.1. The fourth-order valence-corrected chi connectivity index (χ4v) is 1.53. The van der Waals surface area contributed by atoms with E-state index in [-0.39, 0.29) is 5.56 Å². The molecule has 0 radical (unpaired) electrons. The van der Waals surface area contributed by atoms with E-state index in [0.717, 1.165) is 17.4 Å². The lowest BCUT2D eigenvalue weighted by Crippen LogP contribution is -2.06. The Hall–Kier alpha value is -1.94. The Morgan fingerprint density at radius 2 is 2.31 bits per heavy atom. The second kappa shape index (κ2) is 4.72. The van der Waals surface area contributed by atoms with Gasteiger partial charge in [-0.2, -0.15) is 5.10 Å². The van der Waals surface area contributed by atoms with Gasteiger partial charge in [-0.05, 0) is 30.7 Å². The molecular weight excluding hydrogens is 202 g/mol. The summed E-state index contributed by atoms with van der Waals surface area (Å²) >= 11 is 0. The van der Waals surface area contributed by atoms with Crippen LogP contribution >= 0.6 is 0 Å². The van der Waals surface area contributed by atoms with Gasteiger partial charge in [-0.1, -0.05) is 18.2 Å². The summed E-state index contributed by atoms with van der Waals surface area (Å²) in [5.41, 5.74) is 6.29. The smallest absolute Gasteiger partial charge is 0.272 e. The number of benzene rings is 1. The summed E-state index contributed by atoms with van der Waals surface area (Å²) in [5.74, 6) is 0. The molecule has 4 nitrogen and oxygen atoms in total. The van der Waals surface area contributed by atoms with Crippen LogP contribution in [0.5, 0.6) is 0 Å². The molecule has 1 aromatic heterocycles. The molecule has 82 valence electrons. The van der Waals surface area contributed by atoms with Crippen molar-refractivity contribution in [3.63, 3.8) is 0 Å². The maximum atomic E-state index is 11.4. The second-order valence-corrected chi connectivity index (χ2v) is 3.53. The molecule has 3 N–H and O–H groups in total. The average molecular weight is 215 g/mol. The molecule has 0 saturated heterocycles. The van der Waals surface area contributed by atoms with E-state index in [0.29, 0.717) is 11.9 Å². The van der Waals surface area contributed by atoms with Crippen LogP contribution in [-0.2, 0) is 0 Å². The van der Waals surface area contributed by atoms with E-state index >= 15 is 0 Å². The monoisotopic (exact) mass is 215 g/mol. The normalized spacial score (nSPS) is 11.3. The topological polar surface area (TPSA) is 71.8 Å². The van der Waals surface area contributed by atoms with Crippen LogP contribution in [0.3, 0.4) is 0 Å². The van der Waals surface area contributed by atoms with Crippen molar-refractivity contribution in [2.75, 3.05) is 6.54 Å². The summed E-state index contributed by atoms with van der Waals surface area (Å²) in [6.45, 7) is 0.644. The second-order valence-electron chi connectivity index (χ2n) is 3.53. The van der Waals surface area contributed by atoms with Gasteiger partial charge in [-0.15, -0.1) is 0 Å². The lowest BCUT2D eigenvalue weighted by molar-refractivity contribution is 1.01. The summed E-state index contributed by atoms with van der Waals surface area (Å²) in [7, 11) is 0. The fourth-order valence-electron chi connectivity index (χ4n) is 1.53. The van der Waals surface area contributed by atoms with Gasteiger partial charge in [0.1, 0.15) is 0 Å². The lowest BCUT2D eigenvalue weighted by atomic mass is 10.1. The van der Waals surface area contributed by atoms with E-state index < -0.39 is 0 Å². The predicted octanol–water partition coefficient (Wildman–Crippen LogP) is 1.29. The highest BCUT2D eigenvalue weighted by molar-refractivity contribution is 5.82. The first-order valence-corrected chi connectivity index (χ1v) is 5.15. The van der Waals surface area contributed by atoms with Gasteiger partial charge in [0.2, 0.25) is 0 Å². The summed E-state index contributed by atoms with van der Waals surface area (Å²) < 4.78 is 0. The first-order chi connectivity index (χ1) is 7.81. The molecule has 0 aliphatic carbocycles. The fraction of sp³-hybridized carbons (Fsp3) is 0.167. The molecule has 1 aromatic carbocycles. The number of fused-ring (bicyclic) bond motifs is 1. The predicted molar refractivity (Wildman–Crippen MR) is 65.1 cm³/mol. The number of nitrogens with two attached hydrogens (primary N) is 1. The largest absolute Gasteiger partial charge is 0.330 e. The maximum absolute atomic E-state index is 11.4.